The molecule has 2 rings (SSSR count). The number of nitrogens with one attached hydrogen (secondary N) is 2. The van der Waals surface area contributed by atoms with Crippen molar-refractivity contribution in [1.82, 2.24) is 10.6 Å². The fraction of sp³-hybridized carbons (Fsp3) is 0.333. The monoisotopic (exact) mass is 418 g/mol. The van der Waals surface area contributed by atoms with Crippen LogP contribution in [0.25, 0.3) is 0 Å². The zero-order valence-corrected chi connectivity index (χ0v) is 17.7. The third-order valence-corrected chi connectivity index (χ3v) is 3.84. The highest BCUT2D eigenvalue weighted by atomic mass is 35.5. The van der Waals surface area contributed by atoms with E-state index < -0.39 is 19.1 Å². The van der Waals surface area contributed by atoms with Gasteiger partial charge in [0.1, 0.15) is 0 Å². The minimum atomic E-state index is -1.64. The first-order valence-electron chi connectivity index (χ1n) is 9.43. The molecule has 0 saturated carbocycles. The number of hydrogen-bond donors (Lipinski definition) is 4. The predicted molar refractivity (Wildman–Crippen MR) is 116 cm³/mol. The summed E-state index contributed by atoms with van der Waals surface area (Å²) in [5.74, 6) is 0.0619. The smallest absolute Gasteiger partial charge is 0.426 e. The van der Waals surface area contributed by atoms with Gasteiger partial charge in [0.2, 0.25) is 5.91 Å². The van der Waals surface area contributed by atoms with Crippen LogP contribution in [-0.4, -0.2) is 35.4 Å². The maximum absolute atomic E-state index is 12.4. The van der Waals surface area contributed by atoms with Crippen LogP contribution >= 0.6 is 11.6 Å². The van der Waals surface area contributed by atoms with Crippen molar-refractivity contribution < 1.29 is 19.6 Å². The lowest BCUT2D eigenvalue weighted by Gasteiger charge is -2.20. The topological polar surface area (TPSA) is 98.7 Å². The number of hydrogen-bond acceptors (Lipinski definition) is 4. The largest absolute Gasteiger partial charge is 0.472 e. The number of halogens is 1. The first kappa shape index (κ1) is 24.7. The molecule has 29 heavy (non-hydrogen) atoms. The molecule has 1 atom stereocenters. The number of carbonyl (C=O) groups excluding carboxylic acids is 2. The molecule has 0 fully saturated rings. The number of carbonyl (C=O) groups is 2. The fourth-order valence-corrected chi connectivity index (χ4v) is 2.56. The van der Waals surface area contributed by atoms with Crippen LogP contribution in [0.3, 0.4) is 0 Å². The van der Waals surface area contributed by atoms with E-state index in [2.05, 4.69) is 31.4 Å². The van der Waals surface area contributed by atoms with E-state index in [0.29, 0.717) is 16.1 Å². The minimum Gasteiger partial charge on any atom is -0.426 e. The van der Waals surface area contributed by atoms with Crippen molar-refractivity contribution in [2.75, 3.05) is 6.44 Å². The highest BCUT2D eigenvalue weighted by Gasteiger charge is 2.22. The number of amides is 2. The van der Waals surface area contributed by atoms with Gasteiger partial charge in [-0.2, -0.15) is 0 Å². The van der Waals surface area contributed by atoms with E-state index in [1.54, 1.807) is 54.6 Å². The molecule has 0 heterocycles. The molecule has 0 aliphatic carbocycles. The summed E-state index contributed by atoms with van der Waals surface area (Å²) in [5.41, 5.74) is 1.07. The lowest BCUT2D eigenvalue weighted by molar-refractivity contribution is -0.121. The molecule has 0 aliphatic heterocycles. The van der Waals surface area contributed by atoms with Crippen LogP contribution in [0.5, 0.6) is 0 Å². The van der Waals surface area contributed by atoms with Crippen LogP contribution < -0.4 is 10.6 Å². The molecule has 0 saturated heterocycles. The van der Waals surface area contributed by atoms with Gasteiger partial charge in [0.25, 0.3) is 5.91 Å². The van der Waals surface area contributed by atoms with Gasteiger partial charge in [0, 0.05) is 10.6 Å². The van der Waals surface area contributed by atoms with Crippen LogP contribution in [0.1, 0.15) is 49.2 Å². The highest BCUT2D eigenvalue weighted by molar-refractivity contribution is 6.41. The van der Waals surface area contributed by atoms with Crippen LogP contribution in [-0.2, 0) is 4.79 Å². The van der Waals surface area contributed by atoms with Crippen molar-refractivity contribution in [3.05, 3.63) is 70.7 Å². The second kappa shape index (κ2) is 13.0. The van der Waals surface area contributed by atoms with Gasteiger partial charge in [-0.1, -0.05) is 68.8 Å². The second-order valence-electron chi connectivity index (χ2n) is 7.13. The van der Waals surface area contributed by atoms with Gasteiger partial charge < -0.3 is 20.7 Å². The van der Waals surface area contributed by atoms with E-state index in [-0.39, 0.29) is 18.8 Å². The molecule has 0 aliphatic rings. The lowest BCUT2D eigenvalue weighted by Crippen LogP contribution is -2.38. The maximum atomic E-state index is 12.4. The van der Waals surface area contributed by atoms with Crippen LogP contribution in [0, 0.1) is 5.92 Å². The van der Waals surface area contributed by atoms with Gasteiger partial charge in [0.05, 0.1) is 18.9 Å². The van der Waals surface area contributed by atoms with Crippen molar-refractivity contribution in [3.63, 3.8) is 0 Å². The van der Waals surface area contributed by atoms with E-state index >= 15 is 0 Å². The lowest BCUT2D eigenvalue weighted by atomic mass is 9.92. The Bertz CT molecular complexity index is 770. The summed E-state index contributed by atoms with van der Waals surface area (Å²) >= 11 is 6.20. The third-order valence-electron chi connectivity index (χ3n) is 3.49. The molecule has 0 radical (unpaired) electrons. The Balaban J connectivity index is 0.000000960. The predicted octanol–water partition coefficient (Wildman–Crippen LogP) is 2.99. The second-order valence-corrected chi connectivity index (χ2v) is 7.54. The summed E-state index contributed by atoms with van der Waals surface area (Å²) in [4.78, 5) is 24.5. The van der Waals surface area contributed by atoms with E-state index in [4.69, 9.17) is 21.6 Å². The zero-order chi connectivity index (χ0) is 21.8. The molecule has 8 heteroatoms. The maximum Gasteiger partial charge on any atom is 0.472 e. The molecular formula is C21H28BClN2O4. The standard InChI is InChI=1S/C17H18BClN2O4.C4H10/c19-14-9-5-4-8-13(14)15(10-16(22)20-11-18(24)25)21-17(23)12-6-2-1-3-7-12;1-4(2)3/h1-9,15,24-25H,10-11H2,(H,20,22)(H,21,23);4H,1-3H3. The molecule has 2 amide bonds. The molecule has 6 nitrogen and oxygen atoms in total. The summed E-state index contributed by atoms with van der Waals surface area (Å²) in [7, 11) is -1.64. The first-order chi connectivity index (χ1) is 13.7. The summed E-state index contributed by atoms with van der Waals surface area (Å²) in [6, 6.07) is 14.9. The van der Waals surface area contributed by atoms with Crippen molar-refractivity contribution >= 4 is 30.5 Å². The molecule has 0 bridgehead atoms. The Morgan fingerprint density at radius 2 is 1.55 bits per heavy atom. The van der Waals surface area contributed by atoms with Gasteiger partial charge in [-0.25, -0.2) is 0 Å². The molecular weight excluding hydrogens is 391 g/mol. The van der Waals surface area contributed by atoms with E-state index in [0.717, 1.165) is 5.92 Å². The SMILES string of the molecule is CC(C)C.O=C(CC(NC(=O)c1ccccc1)c1ccccc1Cl)NCB(O)O. The van der Waals surface area contributed by atoms with Gasteiger partial charge in [-0.3, -0.25) is 9.59 Å². The Labute approximate surface area is 177 Å². The molecule has 156 valence electrons. The third kappa shape index (κ3) is 10.1. The summed E-state index contributed by atoms with van der Waals surface area (Å²) < 4.78 is 0. The molecule has 2 aromatic carbocycles. The molecule has 4 N–H and O–H groups in total. The van der Waals surface area contributed by atoms with Crippen LogP contribution in [0.4, 0.5) is 0 Å². The van der Waals surface area contributed by atoms with Crippen molar-refractivity contribution in [2.45, 2.75) is 33.2 Å². The van der Waals surface area contributed by atoms with Crippen molar-refractivity contribution in [2.24, 2.45) is 5.92 Å². The van der Waals surface area contributed by atoms with E-state index in [1.807, 2.05) is 0 Å². The Morgan fingerprint density at radius 1 is 1.00 bits per heavy atom. The quantitative estimate of drug-likeness (QED) is 0.519. The molecule has 0 aromatic heterocycles. The Kier molecular flexibility index (Phi) is 11.1. The van der Waals surface area contributed by atoms with Gasteiger partial charge in [-0.15, -0.1) is 0 Å². The Morgan fingerprint density at radius 3 is 2.10 bits per heavy atom. The average molecular weight is 419 g/mol. The average Bonchev–Trinajstić information content (AvgIpc) is 2.66. The zero-order valence-electron chi connectivity index (χ0n) is 16.9. The van der Waals surface area contributed by atoms with E-state index in [1.165, 1.54) is 0 Å². The van der Waals surface area contributed by atoms with Gasteiger partial charge >= 0.3 is 7.12 Å². The van der Waals surface area contributed by atoms with Crippen molar-refractivity contribution in [1.29, 1.82) is 0 Å². The number of benzene rings is 2. The normalized spacial score (nSPS) is 11.1. The van der Waals surface area contributed by atoms with Gasteiger partial charge in [-0.05, 0) is 29.7 Å². The van der Waals surface area contributed by atoms with Gasteiger partial charge in [0.15, 0.2) is 0 Å². The fourth-order valence-electron chi connectivity index (χ4n) is 2.29. The van der Waals surface area contributed by atoms with Crippen LogP contribution in [0.15, 0.2) is 54.6 Å². The summed E-state index contributed by atoms with van der Waals surface area (Å²) in [6.07, 6.45) is -0.379. The molecule has 0 spiro atoms. The number of rotatable bonds is 7. The Hall–Kier alpha value is -2.35. The van der Waals surface area contributed by atoms with E-state index in [9.17, 15) is 9.59 Å². The summed E-state index contributed by atoms with van der Waals surface area (Å²) in [5, 5.41) is 23.3. The molecule has 1 unspecified atom stereocenters. The van der Waals surface area contributed by atoms with Crippen molar-refractivity contribution in [3.8, 4) is 0 Å². The van der Waals surface area contributed by atoms with Crippen LogP contribution in [0.2, 0.25) is 5.02 Å². The summed E-state index contributed by atoms with van der Waals surface area (Å²) in [6.45, 7) is 6.50. The molecule has 2 aromatic rings. The minimum absolute atomic E-state index is 0.0883. The highest BCUT2D eigenvalue weighted by Crippen LogP contribution is 2.25. The first-order valence-corrected chi connectivity index (χ1v) is 9.81.